The Morgan fingerprint density at radius 1 is 0.929 bits per heavy atom. The molecule has 0 spiro atoms. The Balaban J connectivity index is 1.75. The van der Waals surface area contributed by atoms with E-state index >= 15 is 0 Å². The Hall–Kier alpha value is -3.44. The van der Waals surface area contributed by atoms with Crippen molar-refractivity contribution in [3.8, 4) is 5.88 Å². The van der Waals surface area contributed by atoms with E-state index in [0.29, 0.717) is 22.5 Å². The van der Waals surface area contributed by atoms with Crippen LogP contribution in [-0.2, 0) is 6.54 Å². The molecule has 1 N–H and O–H groups in total. The zero-order valence-electron chi connectivity index (χ0n) is 14.8. The van der Waals surface area contributed by atoms with Crippen molar-refractivity contribution in [2.75, 3.05) is 0 Å². The molecule has 5 nitrogen and oxygen atoms in total. The number of halogens is 1. The minimum atomic E-state index is -0.470. The number of azo groups is 1. The van der Waals surface area contributed by atoms with Gasteiger partial charge in [-0.05, 0) is 29.8 Å². The first kappa shape index (κ1) is 17.9. The van der Waals surface area contributed by atoms with Crippen LogP contribution in [-0.4, -0.2) is 15.6 Å². The van der Waals surface area contributed by atoms with E-state index in [4.69, 9.17) is 11.6 Å². The van der Waals surface area contributed by atoms with Crippen molar-refractivity contribution in [2.45, 2.75) is 6.54 Å². The maximum absolute atomic E-state index is 12.2. The molecule has 4 rings (SSSR count). The molecule has 0 radical (unpaired) electrons. The minimum absolute atomic E-state index is 0.0641. The average molecular weight is 390 g/mol. The van der Waals surface area contributed by atoms with Crippen molar-refractivity contribution >= 4 is 34.1 Å². The second kappa shape index (κ2) is 7.66. The van der Waals surface area contributed by atoms with Gasteiger partial charge in [0.1, 0.15) is 0 Å². The molecule has 138 valence electrons. The lowest BCUT2D eigenvalue weighted by molar-refractivity contribution is 0.0995. The summed E-state index contributed by atoms with van der Waals surface area (Å²) >= 11 is 6.27. The lowest BCUT2D eigenvalue weighted by atomic mass is 10.2. The summed E-state index contributed by atoms with van der Waals surface area (Å²) < 4.78 is 1.71. The second-order valence-corrected chi connectivity index (χ2v) is 6.65. The highest BCUT2D eigenvalue weighted by Gasteiger charge is 2.17. The van der Waals surface area contributed by atoms with Gasteiger partial charge in [0.05, 0.1) is 12.1 Å². The number of carbonyl (C=O) groups is 1. The number of hydrogen-bond donors (Lipinski definition) is 1. The Labute approximate surface area is 166 Å². The topological polar surface area (TPSA) is 66.9 Å². The molecule has 0 unspecified atom stereocenters. The Morgan fingerprint density at radius 3 is 2.39 bits per heavy atom. The number of amides is 1. The van der Waals surface area contributed by atoms with Crippen LogP contribution in [0.4, 0.5) is 5.69 Å². The highest BCUT2D eigenvalue weighted by atomic mass is 35.5. The lowest BCUT2D eigenvalue weighted by Gasteiger charge is -2.08. The van der Waals surface area contributed by atoms with Gasteiger partial charge >= 0.3 is 0 Å². The third-order valence-electron chi connectivity index (χ3n) is 4.47. The van der Waals surface area contributed by atoms with Crippen LogP contribution >= 0.6 is 11.6 Å². The predicted molar refractivity (Wildman–Crippen MR) is 109 cm³/mol. The van der Waals surface area contributed by atoms with Gasteiger partial charge in [0.25, 0.3) is 5.91 Å². The van der Waals surface area contributed by atoms with E-state index in [0.717, 1.165) is 11.1 Å². The van der Waals surface area contributed by atoms with E-state index in [1.54, 1.807) is 34.9 Å². The fraction of sp³-hybridized carbons (Fsp3) is 0.0455. The Bertz CT molecular complexity index is 1180. The van der Waals surface area contributed by atoms with E-state index in [2.05, 4.69) is 10.2 Å². The molecule has 0 atom stereocenters. The van der Waals surface area contributed by atoms with E-state index in [-0.39, 0.29) is 11.6 Å². The van der Waals surface area contributed by atoms with Crippen molar-refractivity contribution in [1.29, 1.82) is 0 Å². The molecule has 1 heterocycles. The van der Waals surface area contributed by atoms with Gasteiger partial charge in [-0.1, -0.05) is 66.2 Å². The number of para-hydroxylation sites is 1. The standard InChI is InChI=1S/C22H16ClN3O2/c23-18-12-6-4-10-16(18)14-26-19-13-7-5-11-17(19)20(22(26)28)24-25-21(27)15-8-2-1-3-9-15/h1-13,28H,14H2. The number of hydrogen-bond acceptors (Lipinski definition) is 3. The van der Waals surface area contributed by atoms with E-state index in [1.807, 2.05) is 48.5 Å². The van der Waals surface area contributed by atoms with E-state index in [1.165, 1.54) is 0 Å². The summed E-state index contributed by atoms with van der Waals surface area (Å²) in [6, 6.07) is 23.6. The van der Waals surface area contributed by atoms with Gasteiger partial charge in [-0.2, -0.15) is 0 Å². The van der Waals surface area contributed by atoms with E-state index < -0.39 is 5.91 Å². The van der Waals surface area contributed by atoms with Crippen molar-refractivity contribution in [2.24, 2.45) is 10.2 Å². The molecule has 0 fully saturated rings. The van der Waals surface area contributed by atoms with Crippen LogP contribution in [0.3, 0.4) is 0 Å². The van der Waals surface area contributed by atoms with Crippen molar-refractivity contribution in [3.63, 3.8) is 0 Å². The lowest BCUT2D eigenvalue weighted by Crippen LogP contribution is -1.99. The van der Waals surface area contributed by atoms with Crippen molar-refractivity contribution in [3.05, 3.63) is 95.0 Å². The molecular weight excluding hydrogens is 374 g/mol. The van der Waals surface area contributed by atoms with Gasteiger partial charge in [-0.15, -0.1) is 10.2 Å². The van der Waals surface area contributed by atoms with Gasteiger partial charge in [0.2, 0.25) is 5.88 Å². The molecule has 0 bridgehead atoms. The van der Waals surface area contributed by atoms with Gasteiger partial charge in [0, 0.05) is 16.0 Å². The maximum atomic E-state index is 12.2. The number of benzene rings is 3. The Morgan fingerprint density at radius 2 is 1.61 bits per heavy atom. The first-order valence-corrected chi connectivity index (χ1v) is 9.07. The largest absolute Gasteiger partial charge is 0.493 e. The minimum Gasteiger partial charge on any atom is -0.493 e. The SMILES string of the molecule is O=C(N=Nc1c(O)n(Cc2ccccc2Cl)c2ccccc12)c1ccccc1. The third-order valence-corrected chi connectivity index (χ3v) is 4.83. The van der Waals surface area contributed by atoms with Crippen LogP contribution < -0.4 is 0 Å². The summed E-state index contributed by atoms with van der Waals surface area (Å²) in [6.07, 6.45) is 0. The first-order chi connectivity index (χ1) is 13.6. The monoisotopic (exact) mass is 389 g/mol. The maximum Gasteiger partial charge on any atom is 0.295 e. The summed E-state index contributed by atoms with van der Waals surface area (Å²) in [6.45, 7) is 0.369. The molecule has 0 aliphatic carbocycles. The molecule has 1 aromatic heterocycles. The molecule has 3 aromatic carbocycles. The van der Waals surface area contributed by atoms with Gasteiger partial charge in [-0.3, -0.25) is 4.79 Å². The van der Waals surface area contributed by atoms with Crippen molar-refractivity contribution < 1.29 is 9.90 Å². The number of aromatic nitrogens is 1. The quantitative estimate of drug-likeness (QED) is 0.437. The van der Waals surface area contributed by atoms with E-state index in [9.17, 15) is 9.90 Å². The normalized spacial score (nSPS) is 11.3. The third kappa shape index (κ3) is 3.40. The molecule has 0 saturated carbocycles. The molecule has 0 aliphatic rings. The number of rotatable bonds is 4. The first-order valence-electron chi connectivity index (χ1n) is 8.70. The summed E-state index contributed by atoms with van der Waals surface area (Å²) in [4.78, 5) is 12.2. The summed E-state index contributed by atoms with van der Waals surface area (Å²) in [7, 11) is 0. The molecule has 0 aliphatic heterocycles. The van der Waals surface area contributed by atoms with Crippen LogP contribution in [0.1, 0.15) is 15.9 Å². The smallest absolute Gasteiger partial charge is 0.295 e. The number of aromatic hydroxyl groups is 1. The van der Waals surface area contributed by atoms with Gasteiger partial charge in [0.15, 0.2) is 5.69 Å². The van der Waals surface area contributed by atoms with Crippen molar-refractivity contribution in [1.82, 2.24) is 4.57 Å². The van der Waals surface area contributed by atoms with Crippen LogP contribution in [0, 0.1) is 0 Å². The Kier molecular flexibility index (Phi) is 4.91. The van der Waals surface area contributed by atoms with Crippen LogP contribution in [0.15, 0.2) is 89.1 Å². The zero-order valence-corrected chi connectivity index (χ0v) is 15.5. The van der Waals surface area contributed by atoms with Crippen LogP contribution in [0.5, 0.6) is 5.88 Å². The second-order valence-electron chi connectivity index (χ2n) is 6.24. The average Bonchev–Trinajstić information content (AvgIpc) is 3.00. The fourth-order valence-corrected chi connectivity index (χ4v) is 3.26. The highest BCUT2D eigenvalue weighted by Crippen LogP contribution is 2.39. The van der Waals surface area contributed by atoms with Crippen LogP contribution in [0.2, 0.25) is 5.02 Å². The van der Waals surface area contributed by atoms with Crippen LogP contribution in [0.25, 0.3) is 10.9 Å². The molecule has 0 saturated heterocycles. The molecule has 1 amide bonds. The molecular formula is C22H16ClN3O2. The number of carbonyl (C=O) groups excluding carboxylic acids is 1. The molecule has 6 heteroatoms. The summed E-state index contributed by atoms with van der Waals surface area (Å²) in [5.74, 6) is -0.534. The van der Waals surface area contributed by atoms with Gasteiger partial charge in [-0.25, -0.2) is 0 Å². The fourth-order valence-electron chi connectivity index (χ4n) is 3.06. The molecule has 4 aromatic rings. The summed E-state index contributed by atoms with van der Waals surface area (Å²) in [5, 5.41) is 20.0. The zero-order chi connectivity index (χ0) is 19.5. The summed E-state index contributed by atoms with van der Waals surface area (Å²) in [5.41, 5.74) is 2.34. The van der Waals surface area contributed by atoms with Gasteiger partial charge < -0.3 is 9.67 Å². The predicted octanol–water partition coefficient (Wildman–Crippen LogP) is 5.97. The molecule has 28 heavy (non-hydrogen) atoms. The number of fused-ring (bicyclic) bond motifs is 1. The number of nitrogens with zero attached hydrogens (tertiary/aromatic N) is 3. The highest BCUT2D eigenvalue weighted by molar-refractivity contribution is 6.31.